The summed E-state index contributed by atoms with van der Waals surface area (Å²) in [6, 6.07) is 4.33. The molecule has 0 atom stereocenters. The molecule has 0 heterocycles. The molecule has 0 radical (unpaired) electrons. The Bertz CT molecular complexity index is 1050. The SMILES string of the molecule is CC(C)(C)OCC1=C(C2CCCC2)c2ccc3c(c2C(=O)C1)CC(=O)C1=C3C=CCC1. The second kappa shape index (κ2) is 7.70. The molecular formula is C28H32O3. The van der Waals surface area contributed by atoms with Gasteiger partial charge >= 0.3 is 0 Å². The average molecular weight is 417 g/mol. The number of ketones is 2. The highest BCUT2D eigenvalue weighted by Crippen LogP contribution is 2.47. The number of fused-ring (bicyclic) bond motifs is 4. The van der Waals surface area contributed by atoms with Crippen LogP contribution in [-0.4, -0.2) is 23.8 Å². The predicted octanol–water partition coefficient (Wildman–Crippen LogP) is 6.26. The number of benzene rings is 1. The van der Waals surface area contributed by atoms with Gasteiger partial charge in [0.05, 0.1) is 12.2 Å². The highest BCUT2D eigenvalue weighted by atomic mass is 16.5. The van der Waals surface area contributed by atoms with Gasteiger partial charge in [-0.3, -0.25) is 9.59 Å². The van der Waals surface area contributed by atoms with Crippen LogP contribution in [0.5, 0.6) is 0 Å². The molecule has 1 aromatic rings. The molecule has 5 rings (SSSR count). The molecule has 1 fully saturated rings. The van der Waals surface area contributed by atoms with E-state index in [0.717, 1.165) is 51.8 Å². The predicted molar refractivity (Wildman–Crippen MR) is 124 cm³/mol. The third-order valence-corrected chi connectivity index (χ3v) is 7.21. The van der Waals surface area contributed by atoms with Crippen molar-refractivity contribution < 1.29 is 14.3 Å². The van der Waals surface area contributed by atoms with Gasteiger partial charge in [0.15, 0.2) is 11.6 Å². The van der Waals surface area contributed by atoms with E-state index in [4.69, 9.17) is 4.74 Å². The average Bonchev–Trinajstić information content (AvgIpc) is 3.26. The molecule has 4 aliphatic rings. The fraction of sp³-hybridized carbons (Fsp3) is 0.500. The Kier molecular flexibility index (Phi) is 5.13. The maximum absolute atomic E-state index is 13.5. The number of hydrogen-bond donors (Lipinski definition) is 0. The van der Waals surface area contributed by atoms with E-state index in [0.29, 0.717) is 25.4 Å². The van der Waals surface area contributed by atoms with Gasteiger partial charge in [0, 0.05) is 24.0 Å². The first-order chi connectivity index (χ1) is 14.8. The molecule has 0 bridgehead atoms. The van der Waals surface area contributed by atoms with Crippen molar-refractivity contribution in [3.8, 4) is 0 Å². The monoisotopic (exact) mass is 416 g/mol. The number of carbonyl (C=O) groups excluding carboxylic acids is 2. The lowest BCUT2D eigenvalue weighted by atomic mass is 9.72. The first-order valence-electron chi connectivity index (χ1n) is 11.8. The molecule has 3 heteroatoms. The summed E-state index contributed by atoms with van der Waals surface area (Å²) < 4.78 is 6.14. The smallest absolute Gasteiger partial charge is 0.167 e. The van der Waals surface area contributed by atoms with Crippen molar-refractivity contribution in [3.63, 3.8) is 0 Å². The summed E-state index contributed by atoms with van der Waals surface area (Å²) in [6.07, 6.45) is 11.6. The second-order valence-electron chi connectivity index (χ2n) is 10.4. The Morgan fingerprint density at radius 3 is 2.48 bits per heavy atom. The molecule has 31 heavy (non-hydrogen) atoms. The molecule has 3 nitrogen and oxygen atoms in total. The summed E-state index contributed by atoms with van der Waals surface area (Å²) in [4.78, 5) is 26.4. The van der Waals surface area contributed by atoms with Crippen LogP contribution in [-0.2, 0) is 16.0 Å². The molecule has 0 aromatic heterocycles. The van der Waals surface area contributed by atoms with Crippen molar-refractivity contribution in [2.24, 2.45) is 5.92 Å². The van der Waals surface area contributed by atoms with Gasteiger partial charge in [-0.25, -0.2) is 0 Å². The molecular weight excluding hydrogens is 384 g/mol. The summed E-state index contributed by atoms with van der Waals surface area (Å²) in [7, 11) is 0. The van der Waals surface area contributed by atoms with E-state index in [-0.39, 0.29) is 17.2 Å². The van der Waals surface area contributed by atoms with E-state index in [2.05, 4.69) is 45.1 Å². The van der Waals surface area contributed by atoms with E-state index in [1.807, 2.05) is 0 Å². The van der Waals surface area contributed by atoms with E-state index < -0.39 is 0 Å². The molecule has 1 aromatic carbocycles. The minimum Gasteiger partial charge on any atom is -0.371 e. The Morgan fingerprint density at radius 1 is 1.00 bits per heavy atom. The Balaban J connectivity index is 1.66. The molecule has 4 aliphatic carbocycles. The molecule has 162 valence electrons. The number of carbonyl (C=O) groups is 2. The van der Waals surface area contributed by atoms with Crippen LogP contribution < -0.4 is 0 Å². The fourth-order valence-corrected chi connectivity index (χ4v) is 5.82. The van der Waals surface area contributed by atoms with Crippen molar-refractivity contribution in [3.05, 3.63) is 57.7 Å². The number of allylic oxidation sites excluding steroid dienone is 5. The van der Waals surface area contributed by atoms with Gasteiger partial charge in [-0.05, 0) is 85.8 Å². The number of hydrogen-bond acceptors (Lipinski definition) is 3. The Hall–Kier alpha value is -2.26. The lowest BCUT2D eigenvalue weighted by Crippen LogP contribution is -2.27. The zero-order valence-electron chi connectivity index (χ0n) is 19.0. The van der Waals surface area contributed by atoms with Crippen molar-refractivity contribution in [2.75, 3.05) is 6.61 Å². The van der Waals surface area contributed by atoms with Crippen LogP contribution in [0.25, 0.3) is 11.1 Å². The maximum atomic E-state index is 13.5. The molecule has 0 N–H and O–H groups in total. The van der Waals surface area contributed by atoms with Crippen molar-refractivity contribution in [1.82, 2.24) is 0 Å². The summed E-state index contributed by atoms with van der Waals surface area (Å²) in [5.74, 6) is 0.839. The summed E-state index contributed by atoms with van der Waals surface area (Å²) in [6.45, 7) is 6.69. The highest BCUT2D eigenvalue weighted by Gasteiger charge is 2.36. The molecule has 0 aliphatic heterocycles. The fourth-order valence-electron chi connectivity index (χ4n) is 5.82. The third-order valence-electron chi connectivity index (χ3n) is 7.21. The van der Waals surface area contributed by atoms with Crippen LogP contribution >= 0.6 is 0 Å². The van der Waals surface area contributed by atoms with Crippen LogP contribution in [0.3, 0.4) is 0 Å². The van der Waals surface area contributed by atoms with Gasteiger partial charge in [-0.1, -0.05) is 37.1 Å². The maximum Gasteiger partial charge on any atom is 0.167 e. The van der Waals surface area contributed by atoms with Crippen LogP contribution in [0.15, 0.2) is 35.4 Å². The van der Waals surface area contributed by atoms with E-state index in [1.54, 1.807) is 0 Å². The zero-order chi connectivity index (χ0) is 21.8. The number of ether oxygens (including phenoxy) is 1. The normalized spacial score (nSPS) is 21.5. The van der Waals surface area contributed by atoms with Crippen molar-refractivity contribution >= 4 is 22.7 Å². The first kappa shape index (κ1) is 20.6. The van der Waals surface area contributed by atoms with E-state index in [1.165, 1.54) is 31.3 Å². The van der Waals surface area contributed by atoms with Crippen LogP contribution in [0.1, 0.15) is 92.8 Å². The minimum atomic E-state index is -0.241. The lowest BCUT2D eigenvalue weighted by Gasteiger charge is -2.32. The van der Waals surface area contributed by atoms with Crippen LogP contribution in [0.4, 0.5) is 0 Å². The van der Waals surface area contributed by atoms with Gasteiger partial charge in [-0.2, -0.15) is 0 Å². The molecule has 0 unspecified atom stereocenters. The Labute approximate surface area is 185 Å². The van der Waals surface area contributed by atoms with E-state index in [9.17, 15) is 9.59 Å². The standard InChI is InChI=1S/C28H32O3/c1-28(2,3)31-16-18-14-25(30)27-22(26(18)17-8-4-5-9-17)13-12-20-19-10-6-7-11-21(19)24(29)15-23(20)27/h6,10,12-13,17H,4-5,7-9,11,14-16H2,1-3H3. The summed E-state index contributed by atoms with van der Waals surface area (Å²) >= 11 is 0. The van der Waals surface area contributed by atoms with Crippen LogP contribution in [0.2, 0.25) is 0 Å². The number of rotatable bonds is 3. The first-order valence-corrected chi connectivity index (χ1v) is 11.8. The van der Waals surface area contributed by atoms with Crippen LogP contribution in [0, 0.1) is 5.92 Å². The summed E-state index contributed by atoms with van der Waals surface area (Å²) in [5.41, 5.74) is 8.19. The largest absolute Gasteiger partial charge is 0.371 e. The molecule has 1 saturated carbocycles. The molecule has 0 amide bonds. The summed E-state index contributed by atoms with van der Waals surface area (Å²) in [5, 5.41) is 0. The van der Waals surface area contributed by atoms with Gasteiger partial charge in [0.25, 0.3) is 0 Å². The quantitative estimate of drug-likeness (QED) is 0.584. The lowest BCUT2D eigenvalue weighted by molar-refractivity contribution is -0.115. The van der Waals surface area contributed by atoms with Gasteiger partial charge in [-0.15, -0.1) is 0 Å². The molecule has 0 spiro atoms. The van der Waals surface area contributed by atoms with Gasteiger partial charge in [0.2, 0.25) is 0 Å². The minimum absolute atomic E-state index is 0.151. The Morgan fingerprint density at radius 2 is 1.74 bits per heavy atom. The van der Waals surface area contributed by atoms with Crippen molar-refractivity contribution in [2.45, 2.75) is 77.7 Å². The van der Waals surface area contributed by atoms with E-state index >= 15 is 0 Å². The van der Waals surface area contributed by atoms with Gasteiger partial charge in [0.1, 0.15) is 0 Å². The molecule has 0 saturated heterocycles. The third kappa shape index (κ3) is 3.67. The highest BCUT2D eigenvalue weighted by molar-refractivity contribution is 6.14. The van der Waals surface area contributed by atoms with Crippen molar-refractivity contribution in [1.29, 1.82) is 0 Å². The second-order valence-corrected chi connectivity index (χ2v) is 10.4. The number of Topliss-reactive ketones (excluding diaryl/α,β-unsaturated/α-hetero) is 2. The zero-order valence-corrected chi connectivity index (χ0v) is 19.0. The topological polar surface area (TPSA) is 43.4 Å². The van der Waals surface area contributed by atoms with Gasteiger partial charge < -0.3 is 4.74 Å².